The van der Waals surface area contributed by atoms with Crippen LogP contribution in [0.2, 0.25) is 0 Å². The molecule has 2 aromatic heterocycles. The van der Waals surface area contributed by atoms with Gasteiger partial charge in [-0.25, -0.2) is 0 Å². The Hall–Kier alpha value is -6.84. The molecule has 0 radical (unpaired) electrons. The molecule has 270 valence electrons. The number of aryl methyl sites for hydroxylation is 1. The van der Waals surface area contributed by atoms with Crippen LogP contribution in [0.1, 0.15) is 29.9 Å². The van der Waals surface area contributed by atoms with E-state index in [0.717, 1.165) is 30.4 Å². The first-order chi connectivity index (χ1) is 27.7. The molecule has 3 nitrogen and oxygen atoms in total. The van der Waals surface area contributed by atoms with Gasteiger partial charge in [0.25, 0.3) is 0 Å². The highest BCUT2D eigenvalue weighted by atomic mass is 16.3. The van der Waals surface area contributed by atoms with Crippen molar-refractivity contribution in [3.05, 3.63) is 210 Å². The van der Waals surface area contributed by atoms with E-state index in [1.165, 1.54) is 71.2 Å². The minimum absolute atomic E-state index is 0.130. The van der Waals surface area contributed by atoms with E-state index in [-0.39, 0.29) is 12.0 Å². The predicted octanol–water partition coefficient (Wildman–Crippen LogP) is 12.3. The molecule has 10 rings (SSSR count). The van der Waals surface area contributed by atoms with Gasteiger partial charge in [-0.15, -0.1) is 0 Å². The molecule has 2 unspecified atom stereocenters. The Balaban J connectivity index is 0.985. The maximum atomic E-state index is 6.22. The van der Waals surface area contributed by atoms with E-state index < -0.39 is 0 Å². The van der Waals surface area contributed by atoms with Gasteiger partial charge < -0.3 is 13.9 Å². The van der Waals surface area contributed by atoms with Crippen LogP contribution in [0.5, 0.6) is 0 Å². The molecule has 0 saturated carbocycles. The highest BCUT2D eigenvalue weighted by Crippen LogP contribution is 2.36. The summed E-state index contributed by atoms with van der Waals surface area (Å²) in [5.74, 6) is 0.243. The molecule has 0 fully saturated rings. The number of benzene rings is 7. The Labute approximate surface area is 327 Å². The van der Waals surface area contributed by atoms with Crippen molar-refractivity contribution in [1.82, 2.24) is 4.57 Å². The summed E-state index contributed by atoms with van der Waals surface area (Å²) in [6, 6.07) is 59.3. The highest BCUT2D eigenvalue weighted by Gasteiger charge is 2.23. The lowest BCUT2D eigenvalue weighted by molar-refractivity contribution is 0.669. The molecule has 0 saturated heterocycles. The quantitative estimate of drug-likeness (QED) is 0.131. The van der Waals surface area contributed by atoms with E-state index in [1.54, 1.807) is 0 Å². The van der Waals surface area contributed by atoms with Gasteiger partial charge in [0.1, 0.15) is 11.2 Å². The summed E-state index contributed by atoms with van der Waals surface area (Å²) in [6.45, 7) is 3.99. The van der Waals surface area contributed by atoms with Crippen LogP contribution in [-0.4, -0.2) is 10.6 Å². The van der Waals surface area contributed by atoms with Crippen LogP contribution in [-0.2, 0) is 6.42 Å². The number of nitrogens with zero attached hydrogens (tertiary/aromatic N) is 2. The number of furan rings is 1. The Kier molecular flexibility index (Phi) is 8.69. The standard InChI is InChI=1S/C53H42N2O/c1-2-3-14-38(25-23-37-24-26-40-29-34-52-53(48(40)35-37)47-20-11-13-22-51(47)56-52)39-27-30-43(31-28-39)54(41-15-6-4-7-16-41)44-32-33-46-45-19-10-12-21-49(45)55(50(46)36-44)42-17-8-5-9-18-42/h2-22,24,26-31,33-36,38,44H,1,23,25,32H2/b14-3-. The van der Waals surface area contributed by atoms with E-state index in [2.05, 4.69) is 198 Å². The maximum absolute atomic E-state index is 6.22. The van der Waals surface area contributed by atoms with Gasteiger partial charge in [-0.1, -0.05) is 140 Å². The van der Waals surface area contributed by atoms with Gasteiger partial charge in [0, 0.05) is 44.4 Å². The number of rotatable bonds is 10. The van der Waals surface area contributed by atoms with Gasteiger partial charge >= 0.3 is 0 Å². The summed E-state index contributed by atoms with van der Waals surface area (Å²) in [6.07, 6.45) is 14.0. The lowest BCUT2D eigenvalue weighted by Crippen LogP contribution is -2.39. The average Bonchev–Trinajstić information content (AvgIpc) is 3.81. The molecule has 2 heterocycles. The van der Waals surface area contributed by atoms with Crippen LogP contribution in [0, 0.1) is 0 Å². The minimum Gasteiger partial charge on any atom is -0.456 e. The summed E-state index contributed by atoms with van der Waals surface area (Å²) in [5, 5.41) is 8.71. The van der Waals surface area contributed by atoms with Crippen LogP contribution in [0.4, 0.5) is 11.4 Å². The van der Waals surface area contributed by atoms with Gasteiger partial charge in [0.2, 0.25) is 0 Å². The molecule has 7 aromatic carbocycles. The van der Waals surface area contributed by atoms with E-state index >= 15 is 0 Å². The van der Waals surface area contributed by atoms with Crippen molar-refractivity contribution in [1.29, 1.82) is 0 Å². The molecule has 3 heteroatoms. The first-order valence-corrected chi connectivity index (χ1v) is 19.7. The molecule has 9 aromatic rings. The highest BCUT2D eigenvalue weighted by molar-refractivity contribution is 6.18. The Morgan fingerprint density at radius 3 is 2.23 bits per heavy atom. The minimum atomic E-state index is 0.130. The van der Waals surface area contributed by atoms with Crippen LogP contribution in [0.15, 0.2) is 193 Å². The Morgan fingerprint density at radius 1 is 0.696 bits per heavy atom. The number of hydrogen-bond donors (Lipinski definition) is 0. The molecule has 1 aliphatic carbocycles. The predicted molar refractivity (Wildman–Crippen MR) is 237 cm³/mol. The van der Waals surface area contributed by atoms with Crippen LogP contribution >= 0.6 is 0 Å². The number of anilines is 2. The van der Waals surface area contributed by atoms with Crippen molar-refractivity contribution >= 4 is 67.1 Å². The lowest BCUT2D eigenvalue weighted by atomic mass is 9.90. The van der Waals surface area contributed by atoms with Crippen LogP contribution in [0.3, 0.4) is 0 Å². The largest absolute Gasteiger partial charge is 0.456 e. The van der Waals surface area contributed by atoms with Crippen molar-refractivity contribution in [2.45, 2.75) is 31.2 Å². The van der Waals surface area contributed by atoms with E-state index in [1.807, 2.05) is 12.1 Å². The SMILES string of the molecule is C=C/C=C\C(CCc1ccc2ccc3oc4ccccc4c3c2c1)c1ccc(N(c2ccccc2)C2C=c3c(c4ccccc4n3-c3ccccc3)=CC2)cc1. The van der Waals surface area contributed by atoms with Gasteiger partial charge in [-0.05, 0) is 102 Å². The second-order valence-corrected chi connectivity index (χ2v) is 14.8. The van der Waals surface area contributed by atoms with Gasteiger partial charge in [0.15, 0.2) is 0 Å². The van der Waals surface area contributed by atoms with Gasteiger partial charge in [-0.2, -0.15) is 0 Å². The average molecular weight is 723 g/mol. The topological polar surface area (TPSA) is 21.3 Å². The number of hydrogen-bond acceptors (Lipinski definition) is 2. The molecular weight excluding hydrogens is 681 g/mol. The number of aromatic nitrogens is 1. The normalized spacial score (nSPS) is 14.5. The lowest BCUT2D eigenvalue weighted by Gasteiger charge is -2.33. The summed E-state index contributed by atoms with van der Waals surface area (Å²) < 4.78 is 8.64. The molecular formula is C53H42N2O. The first-order valence-electron chi connectivity index (χ1n) is 19.7. The summed E-state index contributed by atoms with van der Waals surface area (Å²) in [7, 11) is 0. The Bertz CT molecular complexity index is 3020. The summed E-state index contributed by atoms with van der Waals surface area (Å²) in [5.41, 5.74) is 9.27. The molecule has 2 atom stereocenters. The second kappa shape index (κ2) is 14.4. The molecule has 0 spiro atoms. The fourth-order valence-electron chi connectivity index (χ4n) is 8.84. The zero-order chi connectivity index (χ0) is 37.4. The van der Waals surface area contributed by atoms with Gasteiger partial charge in [0.05, 0.1) is 16.9 Å². The Morgan fingerprint density at radius 2 is 1.41 bits per heavy atom. The molecule has 1 aliphatic rings. The van der Waals surface area contributed by atoms with Crippen LogP contribution in [0.25, 0.3) is 61.5 Å². The van der Waals surface area contributed by atoms with E-state index in [9.17, 15) is 0 Å². The first kappa shape index (κ1) is 33.7. The van der Waals surface area contributed by atoms with Crippen molar-refractivity contribution in [3.63, 3.8) is 0 Å². The zero-order valence-corrected chi connectivity index (χ0v) is 31.3. The van der Waals surface area contributed by atoms with Crippen molar-refractivity contribution in [2.24, 2.45) is 0 Å². The van der Waals surface area contributed by atoms with E-state index in [4.69, 9.17) is 4.42 Å². The molecule has 0 bridgehead atoms. The van der Waals surface area contributed by atoms with Crippen molar-refractivity contribution in [2.75, 3.05) is 4.90 Å². The number of fused-ring (bicyclic) bond motifs is 8. The fourth-order valence-corrected chi connectivity index (χ4v) is 8.84. The third-order valence-corrected chi connectivity index (χ3v) is 11.5. The van der Waals surface area contributed by atoms with Crippen molar-refractivity contribution in [3.8, 4) is 5.69 Å². The third kappa shape index (κ3) is 6.02. The number of allylic oxidation sites excluding steroid dienone is 3. The van der Waals surface area contributed by atoms with E-state index in [0.29, 0.717) is 0 Å². The summed E-state index contributed by atoms with van der Waals surface area (Å²) in [4.78, 5) is 2.50. The maximum Gasteiger partial charge on any atom is 0.136 e. The third-order valence-electron chi connectivity index (χ3n) is 11.5. The molecule has 56 heavy (non-hydrogen) atoms. The zero-order valence-electron chi connectivity index (χ0n) is 31.3. The van der Waals surface area contributed by atoms with Crippen molar-refractivity contribution < 1.29 is 4.42 Å². The van der Waals surface area contributed by atoms with Crippen LogP contribution < -0.4 is 15.5 Å². The molecule has 0 aliphatic heterocycles. The monoisotopic (exact) mass is 722 g/mol. The molecule has 0 N–H and O–H groups in total. The van der Waals surface area contributed by atoms with Gasteiger partial charge in [-0.3, -0.25) is 0 Å². The second-order valence-electron chi connectivity index (χ2n) is 14.8. The summed E-state index contributed by atoms with van der Waals surface area (Å²) >= 11 is 0. The molecule has 0 amide bonds. The fraction of sp³-hybridized carbons (Fsp3) is 0.0943. The smallest absolute Gasteiger partial charge is 0.136 e. The number of para-hydroxylation sites is 4.